The first kappa shape index (κ1) is 13.1. The molecular formula is C11H17N7O. The third-order valence-electron chi connectivity index (χ3n) is 2.76. The van der Waals surface area contributed by atoms with Crippen LogP contribution in [0.15, 0.2) is 6.20 Å². The first-order valence-electron chi connectivity index (χ1n) is 5.96. The number of carbonyl (C=O) groups is 1. The van der Waals surface area contributed by atoms with Gasteiger partial charge >= 0.3 is 0 Å². The lowest BCUT2D eigenvalue weighted by Crippen LogP contribution is -2.24. The van der Waals surface area contributed by atoms with Crippen molar-refractivity contribution in [2.75, 3.05) is 5.73 Å². The molecule has 0 unspecified atom stereocenters. The van der Waals surface area contributed by atoms with Gasteiger partial charge in [0, 0.05) is 25.1 Å². The van der Waals surface area contributed by atoms with Crippen molar-refractivity contribution in [3.63, 3.8) is 0 Å². The minimum atomic E-state index is -0.341. The quantitative estimate of drug-likeness (QED) is 0.727. The molecule has 0 atom stereocenters. The second kappa shape index (κ2) is 5.09. The molecule has 1 amide bonds. The van der Waals surface area contributed by atoms with Gasteiger partial charge < -0.3 is 11.1 Å². The van der Waals surface area contributed by atoms with Crippen molar-refractivity contribution in [3.05, 3.63) is 23.4 Å². The monoisotopic (exact) mass is 263 g/mol. The first-order valence-corrected chi connectivity index (χ1v) is 5.96. The van der Waals surface area contributed by atoms with E-state index in [9.17, 15) is 4.79 Å². The van der Waals surface area contributed by atoms with E-state index in [0.717, 1.165) is 5.56 Å². The van der Waals surface area contributed by atoms with Crippen LogP contribution >= 0.6 is 0 Å². The summed E-state index contributed by atoms with van der Waals surface area (Å²) < 4.78 is 1.55. The summed E-state index contributed by atoms with van der Waals surface area (Å²) in [6, 6.07) is 0. The zero-order valence-electron chi connectivity index (χ0n) is 11.1. The van der Waals surface area contributed by atoms with Crippen LogP contribution in [0.5, 0.6) is 0 Å². The van der Waals surface area contributed by atoms with Gasteiger partial charge in [-0.3, -0.25) is 14.6 Å². The van der Waals surface area contributed by atoms with Gasteiger partial charge in [0.1, 0.15) is 11.6 Å². The van der Waals surface area contributed by atoms with Crippen LogP contribution in [0.25, 0.3) is 0 Å². The highest BCUT2D eigenvalue weighted by atomic mass is 16.2. The van der Waals surface area contributed by atoms with Gasteiger partial charge in [-0.15, -0.1) is 5.10 Å². The maximum Gasteiger partial charge on any atom is 0.291 e. The average molecular weight is 263 g/mol. The van der Waals surface area contributed by atoms with E-state index in [1.165, 1.54) is 0 Å². The Kier molecular flexibility index (Phi) is 3.50. The summed E-state index contributed by atoms with van der Waals surface area (Å²) in [5, 5.41) is 13.3. The Morgan fingerprint density at radius 3 is 2.84 bits per heavy atom. The minimum Gasteiger partial charge on any atom is -0.384 e. The predicted molar refractivity (Wildman–Crippen MR) is 69.3 cm³/mol. The SMILES string of the molecule is CC(C)c1nc(C(=O)NCc2cnn(C)c2N)n[nH]1. The third-order valence-corrected chi connectivity index (χ3v) is 2.76. The van der Waals surface area contributed by atoms with Crippen LogP contribution in [0.2, 0.25) is 0 Å². The molecule has 0 saturated carbocycles. The normalized spacial score (nSPS) is 10.9. The van der Waals surface area contributed by atoms with Crippen LogP contribution in [0.4, 0.5) is 5.82 Å². The van der Waals surface area contributed by atoms with E-state index >= 15 is 0 Å². The Balaban J connectivity index is 1.99. The van der Waals surface area contributed by atoms with E-state index in [1.807, 2.05) is 13.8 Å². The number of rotatable bonds is 4. The number of carbonyl (C=O) groups excluding carboxylic acids is 1. The molecule has 2 aromatic heterocycles. The average Bonchev–Trinajstić information content (AvgIpc) is 2.97. The van der Waals surface area contributed by atoms with Gasteiger partial charge in [-0.05, 0) is 0 Å². The Morgan fingerprint density at radius 1 is 1.58 bits per heavy atom. The number of hydrogen-bond donors (Lipinski definition) is 3. The molecule has 19 heavy (non-hydrogen) atoms. The van der Waals surface area contributed by atoms with Gasteiger partial charge in [-0.1, -0.05) is 13.8 Å². The molecule has 2 aromatic rings. The number of H-pyrrole nitrogens is 1. The maximum atomic E-state index is 11.8. The summed E-state index contributed by atoms with van der Waals surface area (Å²) >= 11 is 0. The van der Waals surface area contributed by atoms with E-state index in [-0.39, 0.29) is 17.6 Å². The molecule has 8 nitrogen and oxygen atoms in total. The number of aromatic amines is 1. The van der Waals surface area contributed by atoms with Crippen LogP contribution < -0.4 is 11.1 Å². The Bertz CT molecular complexity index is 584. The van der Waals surface area contributed by atoms with Crippen LogP contribution in [0.1, 0.15) is 41.8 Å². The number of aromatic nitrogens is 5. The van der Waals surface area contributed by atoms with Crippen LogP contribution in [0, 0.1) is 0 Å². The molecule has 2 rings (SSSR count). The number of nitrogens with two attached hydrogens (primary N) is 1. The van der Waals surface area contributed by atoms with Crippen LogP contribution in [-0.4, -0.2) is 30.9 Å². The molecule has 102 valence electrons. The van der Waals surface area contributed by atoms with Gasteiger partial charge in [0.15, 0.2) is 0 Å². The summed E-state index contributed by atoms with van der Waals surface area (Å²) in [6.45, 7) is 4.24. The van der Waals surface area contributed by atoms with Crippen molar-refractivity contribution in [3.8, 4) is 0 Å². The highest BCUT2D eigenvalue weighted by Crippen LogP contribution is 2.09. The number of hydrogen-bond acceptors (Lipinski definition) is 5. The molecule has 2 heterocycles. The van der Waals surface area contributed by atoms with E-state index in [4.69, 9.17) is 5.73 Å². The fourth-order valence-electron chi connectivity index (χ4n) is 1.52. The fourth-order valence-corrected chi connectivity index (χ4v) is 1.52. The molecular weight excluding hydrogens is 246 g/mol. The van der Waals surface area contributed by atoms with Crippen LogP contribution in [0.3, 0.4) is 0 Å². The van der Waals surface area contributed by atoms with Crippen molar-refractivity contribution < 1.29 is 4.79 Å². The van der Waals surface area contributed by atoms with Crippen molar-refractivity contribution in [1.29, 1.82) is 0 Å². The molecule has 0 aliphatic rings. The van der Waals surface area contributed by atoms with Crippen molar-refractivity contribution >= 4 is 11.7 Å². The van der Waals surface area contributed by atoms with Crippen LogP contribution in [-0.2, 0) is 13.6 Å². The summed E-state index contributed by atoms with van der Waals surface area (Å²) in [5.41, 5.74) is 6.54. The third kappa shape index (κ3) is 2.72. The highest BCUT2D eigenvalue weighted by molar-refractivity contribution is 5.90. The number of aryl methyl sites for hydroxylation is 1. The van der Waals surface area contributed by atoms with E-state index in [0.29, 0.717) is 18.2 Å². The maximum absolute atomic E-state index is 11.8. The van der Waals surface area contributed by atoms with Gasteiger partial charge in [0.2, 0.25) is 5.82 Å². The summed E-state index contributed by atoms with van der Waals surface area (Å²) in [6.07, 6.45) is 1.62. The largest absolute Gasteiger partial charge is 0.384 e. The Morgan fingerprint density at radius 2 is 2.32 bits per heavy atom. The smallest absolute Gasteiger partial charge is 0.291 e. The number of anilines is 1. The lowest BCUT2D eigenvalue weighted by molar-refractivity contribution is 0.0941. The van der Waals surface area contributed by atoms with E-state index < -0.39 is 0 Å². The second-order valence-corrected chi connectivity index (χ2v) is 4.56. The lowest BCUT2D eigenvalue weighted by Gasteiger charge is -2.02. The summed E-state index contributed by atoms with van der Waals surface area (Å²) in [5.74, 6) is 1.20. The van der Waals surface area contributed by atoms with E-state index in [2.05, 4.69) is 25.6 Å². The molecule has 4 N–H and O–H groups in total. The molecule has 0 aromatic carbocycles. The Hall–Kier alpha value is -2.38. The molecule has 0 saturated heterocycles. The van der Waals surface area contributed by atoms with E-state index in [1.54, 1.807) is 17.9 Å². The van der Waals surface area contributed by atoms with Gasteiger partial charge in [-0.25, -0.2) is 4.98 Å². The zero-order valence-corrected chi connectivity index (χ0v) is 11.1. The topological polar surface area (TPSA) is 115 Å². The molecule has 0 spiro atoms. The fraction of sp³-hybridized carbons (Fsp3) is 0.455. The zero-order chi connectivity index (χ0) is 14.0. The summed E-state index contributed by atoms with van der Waals surface area (Å²) in [7, 11) is 1.74. The van der Waals surface area contributed by atoms with Gasteiger partial charge in [0.25, 0.3) is 5.91 Å². The molecule has 0 radical (unpaired) electrons. The first-order chi connectivity index (χ1) is 8.99. The molecule has 8 heteroatoms. The van der Waals surface area contributed by atoms with Crippen molar-refractivity contribution in [1.82, 2.24) is 30.3 Å². The lowest BCUT2D eigenvalue weighted by atomic mass is 10.2. The van der Waals surface area contributed by atoms with Crippen molar-refractivity contribution in [2.45, 2.75) is 26.3 Å². The van der Waals surface area contributed by atoms with Gasteiger partial charge in [0.05, 0.1) is 6.20 Å². The number of amides is 1. The highest BCUT2D eigenvalue weighted by Gasteiger charge is 2.14. The predicted octanol–water partition coefficient (Wildman–Crippen LogP) is 0.174. The molecule has 0 bridgehead atoms. The molecule has 0 fully saturated rings. The number of nitrogens with zero attached hydrogens (tertiary/aromatic N) is 4. The number of nitrogen functional groups attached to an aromatic ring is 1. The van der Waals surface area contributed by atoms with Gasteiger partial charge in [-0.2, -0.15) is 5.10 Å². The molecule has 0 aliphatic carbocycles. The standard InChI is InChI=1S/C11H17N7O/c1-6(2)9-15-10(17-16-9)11(19)13-4-7-5-14-18(3)8(7)12/h5-6H,4,12H2,1-3H3,(H,13,19)(H,15,16,17). The van der Waals surface area contributed by atoms with Crippen molar-refractivity contribution in [2.24, 2.45) is 7.05 Å². The molecule has 0 aliphatic heterocycles. The summed E-state index contributed by atoms with van der Waals surface area (Å²) in [4.78, 5) is 16.0. The number of nitrogens with one attached hydrogen (secondary N) is 2. The second-order valence-electron chi connectivity index (χ2n) is 4.56. The minimum absolute atomic E-state index is 0.131. The Labute approximate surface area is 110 Å².